The summed E-state index contributed by atoms with van der Waals surface area (Å²) in [5.41, 5.74) is 1.92. The van der Waals surface area contributed by atoms with E-state index >= 15 is 0 Å². The van der Waals surface area contributed by atoms with Gasteiger partial charge in [-0.05, 0) is 46.9 Å². The molecule has 2 aliphatic rings. The van der Waals surface area contributed by atoms with Crippen LogP contribution in [0.5, 0.6) is 5.75 Å². The molecule has 1 saturated carbocycles. The summed E-state index contributed by atoms with van der Waals surface area (Å²) in [7, 11) is 3.06. The van der Waals surface area contributed by atoms with E-state index in [1.165, 1.54) is 18.1 Å². The van der Waals surface area contributed by atoms with Gasteiger partial charge in [-0.2, -0.15) is 0 Å². The smallest absolute Gasteiger partial charge is 0.309 e. The first-order chi connectivity index (χ1) is 12.0. The minimum Gasteiger partial charge on any atom is -0.497 e. The summed E-state index contributed by atoms with van der Waals surface area (Å²) in [4.78, 5) is 25.0. The minimum absolute atomic E-state index is 0.0947. The zero-order valence-electron chi connectivity index (χ0n) is 14.8. The Labute approximate surface area is 147 Å². The second-order valence-corrected chi connectivity index (χ2v) is 7.37. The lowest BCUT2D eigenvalue weighted by Crippen LogP contribution is -2.35. The average Bonchev–Trinajstić information content (AvgIpc) is 2.91. The molecule has 3 atom stereocenters. The van der Waals surface area contributed by atoms with E-state index in [0.29, 0.717) is 0 Å². The van der Waals surface area contributed by atoms with Crippen molar-refractivity contribution < 1.29 is 19.1 Å². The van der Waals surface area contributed by atoms with Crippen molar-refractivity contribution in [2.24, 2.45) is 11.3 Å². The summed E-state index contributed by atoms with van der Waals surface area (Å²) in [6, 6.07) is 10.2. The molecule has 2 aromatic carbocycles. The first kappa shape index (κ1) is 16.1. The van der Waals surface area contributed by atoms with E-state index in [1.807, 2.05) is 19.1 Å². The maximum atomic E-state index is 12.7. The van der Waals surface area contributed by atoms with Gasteiger partial charge in [0.15, 0.2) is 0 Å². The summed E-state index contributed by atoms with van der Waals surface area (Å²) in [5, 5.41) is 2.31. The molecule has 0 aliphatic heterocycles. The van der Waals surface area contributed by atoms with Crippen molar-refractivity contribution in [1.82, 2.24) is 0 Å². The molecule has 4 rings (SSSR count). The lowest BCUT2D eigenvalue weighted by atomic mass is 9.64. The Morgan fingerprint density at radius 1 is 1.20 bits per heavy atom. The number of rotatable bonds is 2. The van der Waals surface area contributed by atoms with Crippen LogP contribution in [-0.4, -0.2) is 26.0 Å². The Kier molecular flexibility index (Phi) is 3.60. The molecule has 0 heterocycles. The molecule has 0 radical (unpaired) electrons. The predicted molar refractivity (Wildman–Crippen MR) is 94.8 cm³/mol. The molecule has 25 heavy (non-hydrogen) atoms. The zero-order valence-corrected chi connectivity index (χ0v) is 14.8. The van der Waals surface area contributed by atoms with E-state index in [-0.39, 0.29) is 30.0 Å². The average molecular weight is 338 g/mol. The molecule has 4 nitrogen and oxygen atoms in total. The number of ketones is 1. The third kappa shape index (κ3) is 2.20. The molecule has 0 bridgehead atoms. The lowest BCUT2D eigenvalue weighted by molar-refractivity contribution is -0.146. The number of carbonyl (C=O) groups excluding carboxylic acids is 2. The number of fused-ring (bicyclic) bond motifs is 5. The molecule has 0 N–H and O–H groups in total. The van der Waals surface area contributed by atoms with E-state index < -0.39 is 5.41 Å². The largest absolute Gasteiger partial charge is 0.497 e. The predicted octanol–water partition coefficient (Wildman–Crippen LogP) is 3.65. The number of aryl methyl sites for hydroxylation is 1. The fraction of sp³-hybridized carbons (Fsp3) is 0.429. The van der Waals surface area contributed by atoms with E-state index in [4.69, 9.17) is 9.47 Å². The summed E-state index contributed by atoms with van der Waals surface area (Å²) in [5.74, 6) is 0.273. The lowest BCUT2D eigenvalue weighted by Gasteiger charge is -2.38. The molecule has 2 aliphatic carbocycles. The van der Waals surface area contributed by atoms with Gasteiger partial charge in [0.25, 0.3) is 0 Å². The van der Waals surface area contributed by atoms with E-state index in [2.05, 4.69) is 18.2 Å². The summed E-state index contributed by atoms with van der Waals surface area (Å²) in [6.07, 6.45) is 1.92. The fourth-order valence-electron chi connectivity index (χ4n) is 4.87. The Hall–Kier alpha value is -2.36. The van der Waals surface area contributed by atoms with Crippen molar-refractivity contribution in [1.29, 1.82) is 0 Å². The van der Waals surface area contributed by atoms with Gasteiger partial charge in [0.2, 0.25) is 0 Å². The Balaban J connectivity index is 1.90. The number of methoxy groups -OCH3 is 2. The van der Waals surface area contributed by atoms with Crippen molar-refractivity contribution >= 4 is 22.5 Å². The van der Waals surface area contributed by atoms with Crippen LogP contribution in [0.25, 0.3) is 10.8 Å². The van der Waals surface area contributed by atoms with Crippen LogP contribution in [0.15, 0.2) is 30.3 Å². The molecule has 0 aromatic heterocycles. The molecular weight excluding hydrogens is 316 g/mol. The van der Waals surface area contributed by atoms with Crippen molar-refractivity contribution in [3.05, 3.63) is 41.5 Å². The molecule has 4 heteroatoms. The van der Waals surface area contributed by atoms with Crippen LogP contribution in [0.4, 0.5) is 0 Å². The summed E-state index contributed by atoms with van der Waals surface area (Å²) in [6.45, 7) is 2.02. The first-order valence-electron chi connectivity index (χ1n) is 8.70. The van der Waals surface area contributed by atoms with Crippen LogP contribution in [0.2, 0.25) is 0 Å². The third-order valence-electron chi connectivity index (χ3n) is 6.24. The third-order valence-corrected chi connectivity index (χ3v) is 6.24. The number of ether oxygens (including phenoxy) is 2. The number of esters is 1. The Morgan fingerprint density at radius 2 is 2.00 bits per heavy atom. The van der Waals surface area contributed by atoms with Gasteiger partial charge in [-0.1, -0.05) is 25.1 Å². The molecule has 130 valence electrons. The second kappa shape index (κ2) is 5.58. The van der Waals surface area contributed by atoms with Crippen LogP contribution in [0.3, 0.4) is 0 Å². The highest BCUT2D eigenvalue weighted by Crippen LogP contribution is 2.57. The zero-order chi connectivity index (χ0) is 17.8. The molecule has 0 amide bonds. The van der Waals surface area contributed by atoms with Crippen LogP contribution in [0, 0.1) is 11.3 Å². The van der Waals surface area contributed by atoms with Gasteiger partial charge < -0.3 is 9.47 Å². The van der Waals surface area contributed by atoms with Gasteiger partial charge in [0.05, 0.1) is 20.1 Å². The van der Waals surface area contributed by atoms with Crippen LogP contribution in [-0.2, 0) is 20.7 Å². The van der Waals surface area contributed by atoms with E-state index in [1.54, 1.807) is 7.11 Å². The number of hydrogen-bond acceptors (Lipinski definition) is 4. The monoisotopic (exact) mass is 338 g/mol. The van der Waals surface area contributed by atoms with Crippen molar-refractivity contribution in [2.45, 2.75) is 32.1 Å². The van der Waals surface area contributed by atoms with Crippen molar-refractivity contribution in [3.63, 3.8) is 0 Å². The molecule has 0 saturated heterocycles. The van der Waals surface area contributed by atoms with Crippen LogP contribution < -0.4 is 4.74 Å². The standard InChI is InChI=1S/C21H22O4/c1-21-9-8-15-14-7-5-13(24-2)10-12(14)4-6-16(15)19(21)17(11-18(21)22)20(23)25-3/h4-7,10,17,19H,8-9,11H2,1-3H3. The first-order valence-corrected chi connectivity index (χ1v) is 8.70. The highest BCUT2D eigenvalue weighted by Gasteiger charge is 2.56. The minimum atomic E-state index is -0.466. The van der Waals surface area contributed by atoms with E-state index in [0.717, 1.165) is 29.5 Å². The summed E-state index contributed by atoms with van der Waals surface area (Å²) < 4.78 is 10.3. The topological polar surface area (TPSA) is 52.6 Å². The molecule has 0 spiro atoms. The maximum Gasteiger partial charge on any atom is 0.309 e. The highest BCUT2D eigenvalue weighted by molar-refractivity contribution is 5.96. The normalized spacial score (nSPS) is 27.7. The fourth-order valence-corrected chi connectivity index (χ4v) is 4.87. The van der Waals surface area contributed by atoms with Crippen LogP contribution in [0.1, 0.15) is 36.8 Å². The van der Waals surface area contributed by atoms with Crippen LogP contribution >= 0.6 is 0 Å². The highest BCUT2D eigenvalue weighted by atomic mass is 16.5. The van der Waals surface area contributed by atoms with Gasteiger partial charge in [-0.15, -0.1) is 0 Å². The maximum absolute atomic E-state index is 12.7. The number of Topliss-reactive ketones (excluding diaryl/α,β-unsaturated/α-hetero) is 1. The number of hydrogen-bond donors (Lipinski definition) is 0. The summed E-state index contributed by atoms with van der Waals surface area (Å²) >= 11 is 0. The van der Waals surface area contributed by atoms with Gasteiger partial charge in [0.1, 0.15) is 11.5 Å². The Morgan fingerprint density at radius 3 is 2.72 bits per heavy atom. The van der Waals surface area contributed by atoms with Gasteiger partial charge >= 0.3 is 5.97 Å². The van der Waals surface area contributed by atoms with Gasteiger partial charge in [-0.3, -0.25) is 9.59 Å². The second-order valence-electron chi connectivity index (χ2n) is 7.37. The van der Waals surface area contributed by atoms with Gasteiger partial charge in [0, 0.05) is 17.8 Å². The van der Waals surface area contributed by atoms with Gasteiger partial charge in [-0.25, -0.2) is 0 Å². The number of benzene rings is 2. The SMILES string of the molecule is COC(=O)C1CC(=O)C2(C)CCc3c(ccc4cc(OC)ccc34)C12. The quantitative estimate of drug-likeness (QED) is 0.785. The molecule has 3 unspecified atom stereocenters. The number of carbonyl (C=O) groups is 2. The Bertz CT molecular complexity index is 885. The molecular formula is C21H22O4. The van der Waals surface area contributed by atoms with E-state index in [9.17, 15) is 9.59 Å². The molecule has 1 fully saturated rings. The van der Waals surface area contributed by atoms with Crippen molar-refractivity contribution in [2.75, 3.05) is 14.2 Å². The molecule has 2 aromatic rings. The van der Waals surface area contributed by atoms with Crippen molar-refractivity contribution in [3.8, 4) is 5.75 Å².